The Balaban J connectivity index is 1.99. The molecule has 1 aromatic carbocycles. The molecule has 0 bridgehead atoms. The van der Waals surface area contributed by atoms with E-state index in [1.807, 2.05) is 31.2 Å². The Morgan fingerprint density at radius 1 is 1.26 bits per heavy atom. The standard InChI is InChI=1S/C17H16N2O4/c1-11-5-3-4-6-14(11)23-10-15-18-16(17(20)21)13-8-7-12(22-2)9-19(13)15/h3-9H,10H2,1-2H3,(H,20,21). The van der Waals surface area contributed by atoms with Gasteiger partial charge in [0.15, 0.2) is 11.5 Å². The van der Waals surface area contributed by atoms with Crippen LogP contribution in [0.5, 0.6) is 11.5 Å². The zero-order chi connectivity index (χ0) is 16.4. The molecule has 6 nitrogen and oxygen atoms in total. The Labute approximate surface area is 132 Å². The largest absolute Gasteiger partial charge is 0.495 e. The maximum Gasteiger partial charge on any atom is 0.356 e. The zero-order valence-electron chi connectivity index (χ0n) is 12.8. The van der Waals surface area contributed by atoms with Gasteiger partial charge in [-0.2, -0.15) is 0 Å². The molecule has 0 spiro atoms. The zero-order valence-corrected chi connectivity index (χ0v) is 12.8. The second-order valence-corrected chi connectivity index (χ2v) is 5.06. The number of benzene rings is 1. The first-order valence-corrected chi connectivity index (χ1v) is 7.07. The number of methoxy groups -OCH3 is 1. The molecule has 3 rings (SSSR count). The second-order valence-electron chi connectivity index (χ2n) is 5.06. The van der Waals surface area contributed by atoms with Crippen LogP contribution >= 0.6 is 0 Å². The monoisotopic (exact) mass is 312 g/mol. The van der Waals surface area contributed by atoms with Crippen LogP contribution in [-0.4, -0.2) is 27.6 Å². The van der Waals surface area contributed by atoms with Crippen molar-refractivity contribution in [3.8, 4) is 11.5 Å². The molecule has 118 valence electrons. The van der Waals surface area contributed by atoms with Crippen molar-refractivity contribution in [2.45, 2.75) is 13.5 Å². The van der Waals surface area contributed by atoms with E-state index in [-0.39, 0.29) is 12.3 Å². The number of rotatable bonds is 5. The molecule has 0 radical (unpaired) electrons. The number of pyridine rings is 1. The number of ether oxygens (including phenoxy) is 2. The van der Waals surface area contributed by atoms with E-state index in [0.29, 0.717) is 17.1 Å². The van der Waals surface area contributed by atoms with Crippen molar-refractivity contribution in [3.05, 3.63) is 59.7 Å². The van der Waals surface area contributed by atoms with Gasteiger partial charge in [0.05, 0.1) is 18.8 Å². The summed E-state index contributed by atoms with van der Waals surface area (Å²) < 4.78 is 12.7. The van der Waals surface area contributed by atoms with E-state index in [4.69, 9.17) is 9.47 Å². The van der Waals surface area contributed by atoms with Gasteiger partial charge in [-0.15, -0.1) is 0 Å². The van der Waals surface area contributed by atoms with E-state index in [1.165, 1.54) is 0 Å². The molecule has 3 aromatic rings. The number of carboxylic acid groups (broad SMARTS) is 1. The lowest BCUT2D eigenvalue weighted by Crippen LogP contribution is -2.02. The quantitative estimate of drug-likeness (QED) is 0.784. The molecule has 2 heterocycles. The van der Waals surface area contributed by atoms with E-state index in [2.05, 4.69) is 4.98 Å². The average molecular weight is 312 g/mol. The van der Waals surface area contributed by atoms with Gasteiger partial charge in [-0.3, -0.25) is 4.40 Å². The SMILES string of the molecule is COc1ccc2c(C(=O)O)nc(COc3ccccc3C)n2c1. The molecular formula is C17H16N2O4. The summed E-state index contributed by atoms with van der Waals surface area (Å²) in [6.45, 7) is 2.11. The summed E-state index contributed by atoms with van der Waals surface area (Å²) in [5.41, 5.74) is 1.50. The van der Waals surface area contributed by atoms with E-state index >= 15 is 0 Å². The highest BCUT2D eigenvalue weighted by molar-refractivity contribution is 5.93. The summed E-state index contributed by atoms with van der Waals surface area (Å²) in [4.78, 5) is 15.6. The van der Waals surface area contributed by atoms with Gasteiger partial charge in [0.2, 0.25) is 0 Å². The Morgan fingerprint density at radius 2 is 2.04 bits per heavy atom. The van der Waals surface area contributed by atoms with Crippen LogP contribution in [0.4, 0.5) is 0 Å². The van der Waals surface area contributed by atoms with Gasteiger partial charge in [-0.25, -0.2) is 9.78 Å². The first-order valence-electron chi connectivity index (χ1n) is 7.07. The predicted octanol–water partition coefficient (Wildman–Crippen LogP) is 2.93. The average Bonchev–Trinajstić information content (AvgIpc) is 2.92. The third-order valence-corrected chi connectivity index (χ3v) is 3.57. The van der Waals surface area contributed by atoms with E-state index < -0.39 is 5.97 Å². The lowest BCUT2D eigenvalue weighted by Gasteiger charge is -2.08. The Morgan fingerprint density at radius 3 is 2.74 bits per heavy atom. The summed E-state index contributed by atoms with van der Waals surface area (Å²) in [6.07, 6.45) is 1.70. The lowest BCUT2D eigenvalue weighted by molar-refractivity contribution is 0.0693. The van der Waals surface area contributed by atoms with Crippen LogP contribution in [0.2, 0.25) is 0 Å². The van der Waals surface area contributed by atoms with Crippen LogP contribution in [0, 0.1) is 6.92 Å². The number of aryl methyl sites for hydroxylation is 1. The topological polar surface area (TPSA) is 73.1 Å². The molecule has 0 amide bonds. The van der Waals surface area contributed by atoms with Crippen molar-refractivity contribution in [2.24, 2.45) is 0 Å². The minimum absolute atomic E-state index is 0.00367. The lowest BCUT2D eigenvalue weighted by atomic mass is 10.2. The highest BCUT2D eigenvalue weighted by Crippen LogP contribution is 2.21. The number of imidazole rings is 1. The Hall–Kier alpha value is -3.02. The number of para-hydroxylation sites is 1. The fourth-order valence-corrected chi connectivity index (χ4v) is 2.37. The number of hydrogen-bond donors (Lipinski definition) is 1. The first-order chi connectivity index (χ1) is 11.1. The normalized spacial score (nSPS) is 10.7. The molecule has 0 atom stereocenters. The van der Waals surface area contributed by atoms with Crippen molar-refractivity contribution < 1.29 is 19.4 Å². The molecule has 0 saturated heterocycles. The van der Waals surface area contributed by atoms with E-state index in [9.17, 15) is 9.90 Å². The van der Waals surface area contributed by atoms with Gasteiger partial charge in [0.1, 0.15) is 18.1 Å². The van der Waals surface area contributed by atoms with Crippen LogP contribution in [0.3, 0.4) is 0 Å². The molecular weight excluding hydrogens is 296 g/mol. The molecule has 0 saturated carbocycles. The van der Waals surface area contributed by atoms with E-state index in [1.54, 1.807) is 29.8 Å². The molecule has 0 unspecified atom stereocenters. The summed E-state index contributed by atoms with van der Waals surface area (Å²) in [5.74, 6) is 0.780. The Kier molecular flexibility index (Phi) is 3.89. The molecule has 0 aliphatic rings. The van der Waals surface area contributed by atoms with Crippen molar-refractivity contribution >= 4 is 11.5 Å². The van der Waals surface area contributed by atoms with Crippen LogP contribution in [0.1, 0.15) is 21.9 Å². The summed E-state index contributed by atoms with van der Waals surface area (Å²) in [6, 6.07) is 11.0. The molecule has 6 heteroatoms. The van der Waals surface area contributed by atoms with E-state index in [0.717, 1.165) is 11.3 Å². The van der Waals surface area contributed by atoms with Gasteiger partial charge in [-0.05, 0) is 30.7 Å². The van der Waals surface area contributed by atoms with Crippen LogP contribution in [0.25, 0.3) is 5.52 Å². The molecule has 0 aliphatic carbocycles. The van der Waals surface area contributed by atoms with Crippen LogP contribution in [0.15, 0.2) is 42.6 Å². The highest BCUT2D eigenvalue weighted by Gasteiger charge is 2.17. The van der Waals surface area contributed by atoms with Crippen molar-refractivity contribution in [3.63, 3.8) is 0 Å². The van der Waals surface area contributed by atoms with Gasteiger partial charge in [0, 0.05) is 0 Å². The van der Waals surface area contributed by atoms with Gasteiger partial charge in [-0.1, -0.05) is 18.2 Å². The predicted molar refractivity (Wildman–Crippen MR) is 84.2 cm³/mol. The minimum Gasteiger partial charge on any atom is -0.495 e. The number of carboxylic acids is 1. The molecule has 0 aliphatic heterocycles. The number of fused-ring (bicyclic) bond motifs is 1. The molecule has 2 aromatic heterocycles. The fraction of sp³-hybridized carbons (Fsp3) is 0.176. The number of aromatic nitrogens is 2. The van der Waals surface area contributed by atoms with Crippen molar-refractivity contribution in [1.82, 2.24) is 9.38 Å². The number of aromatic carboxylic acids is 1. The smallest absolute Gasteiger partial charge is 0.356 e. The summed E-state index contributed by atoms with van der Waals surface area (Å²) >= 11 is 0. The maximum atomic E-state index is 11.4. The van der Waals surface area contributed by atoms with Crippen molar-refractivity contribution in [1.29, 1.82) is 0 Å². The third-order valence-electron chi connectivity index (χ3n) is 3.57. The van der Waals surface area contributed by atoms with Gasteiger partial charge >= 0.3 is 5.97 Å². The minimum atomic E-state index is -1.07. The van der Waals surface area contributed by atoms with Gasteiger partial charge < -0.3 is 14.6 Å². The second kappa shape index (κ2) is 6.00. The fourth-order valence-electron chi connectivity index (χ4n) is 2.37. The van der Waals surface area contributed by atoms with Gasteiger partial charge in [0.25, 0.3) is 0 Å². The maximum absolute atomic E-state index is 11.4. The first kappa shape index (κ1) is 14.9. The van der Waals surface area contributed by atoms with Crippen LogP contribution in [-0.2, 0) is 6.61 Å². The molecule has 1 N–H and O–H groups in total. The number of carbonyl (C=O) groups is 1. The van der Waals surface area contributed by atoms with Crippen molar-refractivity contribution in [2.75, 3.05) is 7.11 Å². The third kappa shape index (κ3) is 2.83. The molecule has 23 heavy (non-hydrogen) atoms. The number of nitrogens with zero attached hydrogens (tertiary/aromatic N) is 2. The summed E-state index contributed by atoms with van der Waals surface area (Å²) in [7, 11) is 1.56. The highest BCUT2D eigenvalue weighted by atomic mass is 16.5. The van der Waals surface area contributed by atoms with Crippen LogP contribution < -0.4 is 9.47 Å². The Bertz CT molecular complexity index is 870. The summed E-state index contributed by atoms with van der Waals surface area (Å²) in [5, 5.41) is 9.30. The molecule has 0 fully saturated rings. The number of hydrogen-bond acceptors (Lipinski definition) is 4.